The zero-order valence-corrected chi connectivity index (χ0v) is 13.4. The Bertz CT molecular complexity index is 1010. The average Bonchev–Trinajstić information content (AvgIpc) is 3.12. The van der Waals surface area contributed by atoms with Crippen molar-refractivity contribution in [3.05, 3.63) is 59.8 Å². The molecule has 0 aliphatic carbocycles. The van der Waals surface area contributed by atoms with Crippen molar-refractivity contribution in [2.24, 2.45) is 0 Å². The first kappa shape index (κ1) is 14.1. The van der Waals surface area contributed by atoms with Gasteiger partial charge in [0.15, 0.2) is 0 Å². The molecule has 116 valence electrons. The van der Waals surface area contributed by atoms with E-state index in [0.29, 0.717) is 6.54 Å². The van der Waals surface area contributed by atoms with E-state index in [0.717, 1.165) is 5.52 Å². The summed E-state index contributed by atoms with van der Waals surface area (Å²) in [5, 5.41) is 12.0. The Balaban J connectivity index is 2.12. The van der Waals surface area contributed by atoms with Crippen LogP contribution in [-0.2, 0) is 6.54 Å². The highest BCUT2D eigenvalue weighted by atomic mass is 16.3. The number of aryl methyl sites for hydroxylation is 2. The molecule has 2 N–H and O–H groups in total. The van der Waals surface area contributed by atoms with E-state index in [1.165, 1.54) is 38.7 Å². The van der Waals surface area contributed by atoms with Gasteiger partial charge in [0.2, 0.25) is 0 Å². The van der Waals surface area contributed by atoms with Crippen LogP contribution in [0.3, 0.4) is 0 Å². The lowest BCUT2D eigenvalue weighted by atomic mass is 10.0. The number of H-pyrrole nitrogens is 1. The maximum atomic E-state index is 9.57. The first-order valence-corrected chi connectivity index (χ1v) is 7.97. The normalized spacial score (nSPS) is 11.6. The third-order valence-electron chi connectivity index (χ3n) is 4.64. The number of nitrogens with zero attached hydrogens (tertiary/aromatic N) is 1. The van der Waals surface area contributed by atoms with E-state index >= 15 is 0 Å². The third-order valence-corrected chi connectivity index (χ3v) is 4.64. The molecular weight excluding hydrogens is 284 g/mol. The lowest BCUT2D eigenvalue weighted by molar-refractivity contribution is 0.278. The molecule has 23 heavy (non-hydrogen) atoms. The van der Waals surface area contributed by atoms with Crippen molar-refractivity contribution in [1.82, 2.24) is 9.55 Å². The van der Waals surface area contributed by atoms with Gasteiger partial charge in [0.1, 0.15) is 0 Å². The minimum Gasteiger partial charge on any atom is -0.395 e. The summed E-state index contributed by atoms with van der Waals surface area (Å²) in [5.74, 6) is 0. The van der Waals surface area contributed by atoms with E-state index in [-0.39, 0.29) is 6.61 Å². The summed E-state index contributed by atoms with van der Waals surface area (Å²) in [7, 11) is 0. The quantitative estimate of drug-likeness (QED) is 0.579. The number of hydrogen-bond acceptors (Lipinski definition) is 1. The smallest absolute Gasteiger partial charge is 0.0610 e. The fourth-order valence-corrected chi connectivity index (χ4v) is 3.59. The number of benzene rings is 2. The van der Waals surface area contributed by atoms with Crippen LogP contribution < -0.4 is 0 Å². The largest absolute Gasteiger partial charge is 0.395 e. The van der Waals surface area contributed by atoms with Crippen molar-refractivity contribution >= 4 is 21.8 Å². The second kappa shape index (κ2) is 5.28. The summed E-state index contributed by atoms with van der Waals surface area (Å²) < 4.78 is 2.24. The number of aromatic nitrogens is 2. The molecule has 2 aromatic carbocycles. The maximum Gasteiger partial charge on any atom is 0.0610 e. The summed E-state index contributed by atoms with van der Waals surface area (Å²) in [6.07, 6.45) is 1.98. The molecule has 3 nitrogen and oxygen atoms in total. The van der Waals surface area contributed by atoms with E-state index in [9.17, 15) is 5.11 Å². The molecule has 0 bridgehead atoms. The summed E-state index contributed by atoms with van der Waals surface area (Å²) in [4.78, 5) is 3.36. The second-order valence-electron chi connectivity index (χ2n) is 6.12. The highest BCUT2D eigenvalue weighted by molar-refractivity contribution is 5.99. The summed E-state index contributed by atoms with van der Waals surface area (Å²) >= 11 is 0. The number of aliphatic hydroxyl groups is 1. The Labute approximate surface area is 135 Å². The number of hydrogen-bond donors (Lipinski definition) is 2. The van der Waals surface area contributed by atoms with Gasteiger partial charge in [0.05, 0.1) is 17.8 Å². The van der Waals surface area contributed by atoms with Crippen LogP contribution in [0.2, 0.25) is 0 Å². The van der Waals surface area contributed by atoms with E-state index in [4.69, 9.17) is 0 Å². The summed E-state index contributed by atoms with van der Waals surface area (Å²) in [5.41, 5.74) is 7.21. The van der Waals surface area contributed by atoms with Crippen LogP contribution in [-0.4, -0.2) is 21.3 Å². The molecule has 0 amide bonds. The van der Waals surface area contributed by atoms with Gasteiger partial charge in [-0.15, -0.1) is 0 Å². The molecule has 0 saturated carbocycles. The number of rotatable bonds is 3. The molecule has 0 unspecified atom stereocenters. The molecule has 4 rings (SSSR count). The lowest BCUT2D eigenvalue weighted by Gasteiger charge is -2.11. The maximum absolute atomic E-state index is 9.57. The molecular formula is C20H20N2O. The van der Waals surface area contributed by atoms with Gasteiger partial charge in [0, 0.05) is 34.6 Å². The summed E-state index contributed by atoms with van der Waals surface area (Å²) in [6.45, 7) is 5.00. The number of aliphatic hydroxyl groups excluding tert-OH is 1. The van der Waals surface area contributed by atoms with Gasteiger partial charge in [-0.05, 0) is 37.1 Å². The Morgan fingerprint density at radius 1 is 1.09 bits per heavy atom. The van der Waals surface area contributed by atoms with E-state index < -0.39 is 0 Å². The molecule has 0 spiro atoms. The zero-order valence-electron chi connectivity index (χ0n) is 13.4. The van der Waals surface area contributed by atoms with Gasteiger partial charge in [-0.2, -0.15) is 0 Å². The van der Waals surface area contributed by atoms with Crippen LogP contribution in [0.4, 0.5) is 0 Å². The first-order valence-electron chi connectivity index (χ1n) is 7.97. The first-order chi connectivity index (χ1) is 11.2. The molecule has 0 aliphatic heterocycles. The fraction of sp³-hybridized carbons (Fsp3) is 0.200. The van der Waals surface area contributed by atoms with Gasteiger partial charge in [-0.3, -0.25) is 0 Å². The van der Waals surface area contributed by atoms with Gasteiger partial charge in [0.25, 0.3) is 0 Å². The molecule has 0 fully saturated rings. The fourth-order valence-electron chi connectivity index (χ4n) is 3.59. The Hall–Kier alpha value is -2.52. The minimum atomic E-state index is 0.130. The second-order valence-corrected chi connectivity index (χ2v) is 6.12. The van der Waals surface area contributed by atoms with E-state index in [1.54, 1.807) is 0 Å². The van der Waals surface area contributed by atoms with Crippen molar-refractivity contribution in [3.63, 3.8) is 0 Å². The van der Waals surface area contributed by atoms with Crippen LogP contribution in [0.5, 0.6) is 0 Å². The Morgan fingerprint density at radius 2 is 1.96 bits per heavy atom. The molecule has 0 aliphatic rings. The molecule has 0 radical (unpaired) electrons. The van der Waals surface area contributed by atoms with Crippen LogP contribution in [0, 0.1) is 13.8 Å². The van der Waals surface area contributed by atoms with Gasteiger partial charge in [-0.25, -0.2) is 0 Å². The predicted octanol–water partition coefficient (Wildman–Crippen LogP) is 4.40. The molecule has 0 saturated heterocycles. The van der Waals surface area contributed by atoms with Crippen LogP contribution in [0.15, 0.2) is 48.7 Å². The molecule has 0 atom stereocenters. The van der Waals surface area contributed by atoms with Crippen molar-refractivity contribution in [2.75, 3.05) is 6.61 Å². The lowest BCUT2D eigenvalue weighted by Crippen LogP contribution is -2.04. The summed E-state index contributed by atoms with van der Waals surface area (Å²) in [6, 6.07) is 15.0. The highest BCUT2D eigenvalue weighted by Crippen LogP contribution is 2.36. The molecule has 2 aromatic heterocycles. The Kier molecular flexibility index (Phi) is 3.24. The van der Waals surface area contributed by atoms with Gasteiger partial charge in [-0.1, -0.05) is 30.3 Å². The average molecular weight is 304 g/mol. The standard InChI is InChI=1S/C20H20N2O/c1-13-6-7-16-14(2)20(22(10-11-23)18(16)12-13)17-5-3-4-15-8-9-21-19(15)17/h3-9,12,21,23H,10-11H2,1-2H3. The number of fused-ring (bicyclic) bond motifs is 2. The van der Waals surface area contributed by atoms with Crippen molar-refractivity contribution < 1.29 is 5.11 Å². The van der Waals surface area contributed by atoms with Crippen molar-refractivity contribution in [1.29, 1.82) is 0 Å². The Morgan fingerprint density at radius 3 is 2.78 bits per heavy atom. The number of aromatic amines is 1. The van der Waals surface area contributed by atoms with E-state index in [2.05, 4.69) is 65.9 Å². The van der Waals surface area contributed by atoms with Crippen LogP contribution >= 0.6 is 0 Å². The van der Waals surface area contributed by atoms with Gasteiger partial charge < -0.3 is 14.7 Å². The minimum absolute atomic E-state index is 0.130. The molecule has 3 heteroatoms. The van der Waals surface area contributed by atoms with E-state index in [1.807, 2.05) is 6.20 Å². The number of nitrogens with one attached hydrogen (secondary N) is 1. The zero-order chi connectivity index (χ0) is 16.0. The van der Waals surface area contributed by atoms with Crippen LogP contribution in [0.1, 0.15) is 11.1 Å². The van der Waals surface area contributed by atoms with Gasteiger partial charge >= 0.3 is 0 Å². The molecule has 2 heterocycles. The monoisotopic (exact) mass is 304 g/mol. The highest BCUT2D eigenvalue weighted by Gasteiger charge is 2.17. The topological polar surface area (TPSA) is 41.0 Å². The molecule has 4 aromatic rings. The predicted molar refractivity (Wildman–Crippen MR) is 95.8 cm³/mol. The number of para-hydroxylation sites is 1. The van der Waals surface area contributed by atoms with Crippen LogP contribution in [0.25, 0.3) is 33.1 Å². The SMILES string of the molecule is Cc1ccc2c(C)c(-c3cccc4cc[nH]c34)n(CCO)c2c1. The van der Waals surface area contributed by atoms with Crippen molar-refractivity contribution in [2.45, 2.75) is 20.4 Å². The third kappa shape index (κ3) is 2.08. The van der Waals surface area contributed by atoms with Crippen molar-refractivity contribution in [3.8, 4) is 11.3 Å².